The predicted molar refractivity (Wildman–Crippen MR) is 95.6 cm³/mol. The van der Waals surface area contributed by atoms with E-state index in [1.54, 1.807) is 24.3 Å². The number of anilines is 2. The summed E-state index contributed by atoms with van der Waals surface area (Å²) >= 11 is 0. The van der Waals surface area contributed by atoms with E-state index in [0.29, 0.717) is 23.4 Å². The van der Waals surface area contributed by atoms with E-state index in [4.69, 9.17) is 0 Å². The first-order valence-electron chi connectivity index (χ1n) is 7.81. The number of nitro groups is 1. The van der Waals surface area contributed by atoms with Gasteiger partial charge >= 0.3 is 0 Å². The molecular formula is C18H19N3O4. The van der Waals surface area contributed by atoms with Gasteiger partial charge in [-0.15, -0.1) is 0 Å². The van der Waals surface area contributed by atoms with Crippen molar-refractivity contribution in [2.45, 2.75) is 20.3 Å². The fourth-order valence-electron chi connectivity index (χ4n) is 2.16. The number of carbonyl (C=O) groups excluding carboxylic acids is 2. The van der Waals surface area contributed by atoms with E-state index in [1.807, 2.05) is 13.8 Å². The topological polar surface area (TPSA) is 101 Å². The van der Waals surface area contributed by atoms with Crippen LogP contribution in [0.5, 0.6) is 0 Å². The second kappa shape index (κ2) is 8.05. The van der Waals surface area contributed by atoms with Crippen molar-refractivity contribution in [1.82, 2.24) is 0 Å². The summed E-state index contributed by atoms with van der Waals surface area (Å²) in [7, 11) is 0. The summed E-state index contributed by atoms with van der Waals surface area (Å²) in [6, 6.07) is 12.1. The van der Waals surface area contributed by atoms with Gasteiger partial charge in [-0.2, -0.15) is 0 Å². The largest absolute Gasteiger partial charge is 0.326 e. The zero-order valence-electron chi connectivity index (χ0n) is 14.0. The van der Waals surface area contributed by atoms with Gasteiger partial charge < -0.3 is 10.6 Å². The quantitative estimate of drug-likeness (QED) is 0.616. The molecule has 0 aliphatic heterocycles. The lowest BCUT2D eigenvalue weighted by Gasteiger charge is -2.09. The lowest BCUT2D eigenvalue weighted by Crippen LogP contribution is -2.14. The summed E-state index contributed by atoms with van der Waals surface area (Å²) in [4.78, 5) is 33.9. The van der Waals surface area contributed by atoms with Crippen molar-refractivity contribution in [2.24, 2.45) is 5.92 Å². The van der Waals surface area contributed by atoms with E-state index in [1.165, 1.54) is 24.3 Å². The molecule has 7 nitrogen and oxygen atoms in total. The summed E-state index contributed by atoms with van der Waals surface area (Å²) in [5.41, 5.74) is 1.46. The van der Waals surface area contributed by atoms with Crippen LogP contribution in [0.25, 0.3) is 0 Å². The van der Waals surface area contributed by atoms with Crippen LogP contribution in [-0.2, 0) is 4.79 Å². The Morgan fingerprint density at radius 1 is 0.960 bits per heavy atom. The Morgan fingerprint density at radius 2 is 1.48 bits per heavy atom. The molecule has 0 atom stereocenters. The van der Waals surface area contributed by atoms with Gasteiger partial charge in [0, 0.05) is 35.5 Å². The van der Waals surface area contributed by atoms with E-state index < -0.39 is 4.92 Å². The summed E-state index contributed by atoms with van der Waals surface area (Å²) in [6.45, 7) is 3.94. The number of nitrogens with zero attached hydrogens (tertiary/aromatic N) is 1. The minimum absolute atomic E-state index is 0.0577. The smallest absolute Gasteiger partial charge is 0.269 e. The molecule has 0 fully saturated rings. The molecule has 0 saturated heterocycles. The molecule has 2 N–H and O–H groups in total. The molecule has 25 heavy (non-hydrogen) atoms. The average Bonchev–Trinajstić information content (AvgIpc) is 2.56. The standard InChI is InChI=1S/C18H19N3O4/c1-12(2)11-17(22)19-14-5-7-15(8-6-14)20-18(23)13-3-9-16(10-4-13)21(24)25/h3-10,12H,11H2,1-2H3,(H,19,22)(H,20,23). The van der Waals surface area contributed by atoms with E-state index >= 15 is 0 Å². The number of hydrogen-bond acceptors (Lipinski definition) is 4. The van der Waals surface area contributed by atoms with Gasteiger partial charge in [0.05, 0.1) is 4.92 Å². The molecule has 0 heterocycles. The van der Waals surface area contributed by atoms with Crippen molar-refractivity contribution in [2.75, 3.05) is 10.6 Å². The number of hydrogen-bond donors (Lipinski definition) is 2. The Morgan fingerprint density at radius 3 is 1.96 bits per heavy atom. The molecule has 0 unspecified atom stereocenters. The summed E-state index contributed by atoms with van der Waals surface area (Å²) in [5.74, 6) is -0.149. The number of nitro benzene ring substituents is 1. The summed E-state index contributed by atoms with van der Waals surface area (Å²) in [5, 5.41) is 16.1. The van der Waals surface area contributed by atoms with Crippen LogP contribution in [0.4, 0.5) is 17.1 Å². The van der Waals surface area contributed by atoms with E-state index in [0.717, 1.165) is 0 Å². The van der Waals surface area contributed by atoms with Gasteiger partial charge in [0.2, 0.25) is 5.91 Å². The number of carbonyl (C=O) groups is 2. The molecule has 7 heteroatoms. The second-order valence-corrected chi connectivity index (χ2v) is 5.98. The maximum Gasteiger partial charge on any atom is 0.269 e. The van der Waals surface area contributed by atoms with Gasteiger partial charge in [0.15, 0.2) is 0 Å². The van der Waals surface area contributed by atoms with Crippen molar-refractivity contribution in [3.05, 3.63) is 64.2 Å². The van der Waals surface area contributed by atoms with Crippen molar-refractivity contribution in [3.63, 3.8) is 0 Å². The van der Waals surface area contributed by atoms with Gasteiger partial charge in [0.25, 0.3) is 11.6 Å². The number of nitrogens with one attached hydrogen (secondary N) is 2. The predicted octanol–water partition coefficient (Wildman–Crippen LogP) is 3.83. The van der Waals surface area contributed by atoms with E-state index in [-0.39, 0.29) is 23.4 Å². The first-order valence-corrected chi connectivity index (χ1v) is 7.81. The van der Waals surface area contributed by atoms with Crippen LogP contribution in [0.1, 0.15) is 30.6 Å². The van der Waals surface area contributed by atoms with Crippen molar-refractivity contribution in [1.29, 1.82) is 0 Å². The molecule has 2 amide bonds. The highest BCUT2D eigenvalue weighted by molar-refractivity contribution is 6.04. The van der Waals surface area contributed by atoms with Crippen LogP contribution in [0.15, 0.2) is 48.5 Å². The number of amides is 2. The minimum atomic E-state index is -0.520. The molecule has 2 rings (SSSR count). The third-order valence-corrected chi connectivity index (χ3v) is 3.36. The molecule has 2 aromatic rings. The fourth-order valence-corrected chi connectivity index (χ4v) is 2.16. The normalized spacial score (nSPS) is 10.4. The van der Waals surface area contributed by atoms with E-state index in [9.17, 15) is 19.7 Å². The fraction of sp³-hybridized carbons (Fsp3) is 0.222. The van der Waals surface area contributed by atoms with Gasteiger partial charge in [-0.3, -0.25) is 19.7 Å². The highest BCUT2D eigenvalue weighted by Gasteiger charge is 2.10. The molecule has 0 aliphatic carbocycles. The minimum Gasteiger partial charge on any atom is -0.326 e. The molecule has 0 saturated carbocycles. The Hall–Kier alpha value is -3.22. The van der Waals surface area contributed by atoms with Crippen LogP contribution in [0, 0.1) is 16.0 Å². The highest BCUT2D eigenvalue weighted by atomic mass is 16.6. The Kier molecular flexibility index (Phi) is 5.84. The van der Waals surface area contributed by atoms with Crippen LogP contribution < -0.4 is 10.6 Å². The molecule has 0 bridgehead atoms. The molecule has 130 valence electrons. The SMILES string of the molecule is CC(C)CC(=O)Nc1ccc(NC(=O)c2ccc([N+](=O)[O-])cc2)cc1. The monoisotopic (exact) mass is 341 g/mol. The number of benzene rings is 2. The second-order valence-electron chi connectivity index (χ2n) is 5.98. The van der Waals surface area contributed by atoms with Gasteiger partial charge in [0.1, 0.15) is 0 Å². The highest BCUT2D eigenvalue weighted by Crippen LogP contribution is 2.17. The van der Waals surface area contributed by atoms with Gasteiger partial charge in [-0.25, -0.2) is 0 Å². The molecular weight excluding hydrogens is 322 g/mol. The lowest BCUT2D eigenvalue weighted by atomic mass is 10.1. The van der Waals surface area contributed by atoms with Gasteiger partial charge in [-0.1, -0.05) is 13.8 Å². The van der Waals surface area contributed by atoms with Crippen molar-refractivity contribution < 1.29 is 14.5 Å². The van der Waals surface area contributed by atoms with Crippen LogP contribution >= 0.6 is 0 Å². The lowest BCUT2D eigenvalue weighted by molar-refractivity contribution is -0.384. The third-order valence-electron chi connectivity index (χ3n) is 3.36. The van der Waals surface area contributed by atoms with Crippen molar-refractivity contribution in [3.8, 4) is 0 Å². The molecule has 0 aliphatic rings. The average molecular weight is 341 g/mol. The van der Waals surface area contributed by atoms with Crippen molar-refractivity contribution >= 4 is 28.9 Å². The Bertz CT molecular complexity index is 768. The number of rotatable bonds is 6. The zero-order valence-corrected chi connectivity index (χ0v) is 14.0. The van der Waals surface area contributed by atoms with E-state index in [2.05, 4.69) is 10.6 Å². The maximum absolute atomic E-state index is 12.1. The van der Waals surface area contributed by atoms with Gasteiger partial charge in [-0.05, 0) is 42.3 Å². The maximum atomic E-state index is 12.1. The first kappa shape index (κ1) is 18.1. The summed E-state index contributed by atoms with van der Waals surface area (Å²) < 4.78 is 0. The van der Waals surface area contributed by atoms with Crippen LogP contribution in [-0.4, -0.2) is 16.7 Å². The number of non-ortho nitro benzene ring substituents is 1. The summed E-state index contributed by atoms with van der Waals surface area (Å²) in [6.07, 6.45) is 0.443. The molecule has 0 spiro atoms. The molecule has 0 radical (unpaired) electrons. The Labute approximate surface area is 145 Å². The molecule has 0 aromatic heterocycles. The third kappa shape index (κ3) is 5.42. The van der Waals surface area contributed by atoms with Crippen LogP contribution in [0.2, 0.25) is 0 Å². The molecule has 2 aromatic carbocycles. The van der Waals surface area contributed by atoms with Crippen LogP contribution in [0.3, 0.4) is 0 Å². The first-order chi connectivity index (χ1) is 11.8. The zero-order chi connectivity index (χ0) is 18.4. The Balaban J connectivity index is 1.97.